The molecule has 2 aliphatic carbocycles. The van der Waals surface area contributed by atoms with E-state index in [2.05, 4.69) is 35.5 Å². The van der Waals surface area contributed by atoms with Gasteiger partial charge in [-0.15, -0.1) is 0 Å². The lowest BCUT2D eigenvalue weighted by Gasteiger charge is -2.38. The van der Waals surface area contributed by atoms with Crippen LogP contribution in [0, 0.1) is 5.41 Å². The first-order chi connectivity index (χ1) is 8.33. The minimum atomic E-state index is 0.203. The van der Waals surface area contributed by atoms with Crippen LogP contribution in [-0.4, -0.2) is 10.9 Å². The first-order valence-corrected chi connectivity index (χ1v) is 6.30. The standard InChI is InChI=1S/C15H17NO/c17-16-14-11-15(8-4-1-5-9-15)10-12-6-2-3-7-13(12)14/h2-4,6-8,17H,1,5,9-11H2. The number of oxime groups is 1. The fourth-order valence-corrected chi connectivity index (χ4v) is 3.20. The summed E-state index contributed by atoms with van der Waals surface area (Å²) < 4.78 is 0. The molecule has 1 spiro atoms. The van der Waals surface area contributed by atoms with Crippen LogP contribution in [-0.2, 0) is 6.42 Å². The molecule has 0 saturated heterocycles. The van der Waals surface area contributed by atoms with E-state index in [1.54, 1.807) is 0 Å². The summed E-state index contributed by atoms with van der Waals surface area (Å²) >= 11 is 0. The van der Waals surface area contributed by atoms with Crippen LogP contribution >= 0.6 is 0 Å². The highest BCUT2D eigenvalue weighted by Crippen LogP contribution is 2.43. The molecule has 1 atom stereocenters. The number of hydrogen-bond acceptors (Lipinski definition) is 2. The molecule has 1 aromatic rings. The number of rotatable bonds is 0. The summed E-state index contributed by atoms with van der Waals surface area (Å²) in [6.45, 7) is 0. The summed E-state index contributed by atoms with van der Waals surface area (Å²) in [5.41, 5.74) is 3.49. The molecular weight excluding hydrogens is 210 g/mol. The van der Waals surface area contributed by atoms with E-state index in [1.165, 1.54) is 24.8 Å². The molecule has 17 heavy (non-hydrogen) atoms. The van der Waals surface area contributed by atoms with E-state index in [0.717, 1.165) is 24.1 Å². The molecule has 1 aromatic carbocycles. The highest BCUT2D eigenvalue weighted by molar-refractivity contribution is 6.03. The van der Waals surface area contributed by atoms with E-state index in [1.807, 2.05) is 6.07 Å². The Bertz CT molecular complexity index is 489. The van der Waals surface area contributed by atoms with Gasteiger partial charge in [0.05, 0.1) is 5.71 Å². The Hall–Kier alpha value is -1.57. The maximum atomic E-state index is 9.22. The van der Waals surface area contributed by atoms with Gasteiger partial charge in [0.15, 0.2) is 0 Å². The Morgan fingerprint density at radius 2 is 2.06 bits per heavy atom. The summed E-state index contributed by atoms with van der Waals surface area (Å²) in [5, 5.41) is 12.7. The van der Waals surface area contributed by atoms with Gasteiger partial charge < -0.3 is 5.21 Å². The van der Waals surface area contributed by atoms with Gasteiger partial charge in [-0.05, 0) is 36.7 Å². The van der Waals surface area contributed by atoms with E-state index in [0.29, 0.717) is 0 Å². The third kappa shape index (κ3) is 1.78. The third-order valence-corrected chi connectivity index (χ3v) is 4.03. The first kappa shape index (κ1) is 10.6. The molecule has 0 bridgehead atoms. The Labute approximate surface area is 102 Å². The Morgan fingerprint density at radius 1 is 1.18 bits per heavy atom. The van der Waals surface area contributed by atoms with E-state index in [9.17, 15) is 5.21 Å². The Balaban J connectivity index is 2.06. The van der Waals surface area contributed by atoms with Crippen molar-refractivity contribution in [2.24, 2.45) is 10.6 Å². The highest BCUT2D eigenvalue weighted by atomic mass is 16.4. The molecule has 1 unspecified atom stereocenters. The van der Waals surface area contributed by atoms with Crippen molar-refractivity contribution in [1.29, 1.82) is 0 Å². The van der Waals surface area contributed by atoms with Crippen molar-refractivity contribution < 1.29 is 5.21 Å². The van der Waals surface area contributed by atoms with Crippen molar-refractivity contribution in [3.05, 3.63) is 47.5 Å². The SMILES string of the molecule is ON=C1CC2(C=CCCC2)Cc2ccccc21. The quantitative estimate of drug-likeness (QED) is 0.410. The van der Waals surface area contributed by atoms with Gasteiger partial charge in [-0.1, -0.05) is 41.6 Å². The molecule has 0 amide bonds. The average molecular weight is 227 g/mol. The van der Waals surface area contributed by atoms with Crippen molar-refractivity contribution in [1.82, 2.24) is 0 Å². The molecule has 0 aliphatic heterocycles. The zero-order chi connectivity index (χ0) is 11.7. The van der Waals surface area contributed by atoms with Crippen LogP contribution in [0.4, 0.5) is 0 Å². The number of nitrogens with zero attached hydrogens (tertiary/aromatic N) is 1. The monoisotopic (exact) mass is 227 g/mol. The minimum absolute atomic E-state index is 0.203. The number of fused-ring (bicyclic) bond motifs is 1. The lowest BCUT2D eigenvalue weighted by Crippen LogP contribution is -2.32. The molecule has 0 radical (unpaired) electrons. The topological polar surface area (TPSA) is 32.6 Å². The van der Waals surface area contributed by atoms with Crippen LogP contribution < -0.4 is 0 Å². The van der Waals surface area contributed by atoms with Gasteiger partial charge in [0.25, 0.3) is 0 Å². The van der Waals surface area contributed by atoms with Crippen molar-refractivity contribution >= 4 is 5.71 Å². The van der Waals surface area contributed by atoms with Crippen LogP contribution in [0.25, 0.3) is 0 Å². The molecule has 3 rings (SSSR count). The number of benzene rings is 1. The van der Waals surface area contributed by atoms with Crippen LogP contribution in [0.15, 0.2) is 41.6 Å². The number of hydrogen-bond donors (Lipinski definition) is 1. The van der Waals surface area contributed by atoms with Crippen molar-refractivity contribution in [2.75, 3.05) is 0 Å². The summed E-state index contributed by atoms with van der Waals surface area (Å²) in [4.78, 5) is 0. The van der Waals surface area contributed by atoms with Crippen LogP contribution in [0.2, 0.25) is 0 Å². The molecular formula is C15H17NO. The molecule has 1 N–H and O–H groups in total. The van der Waals surface area contributed by atoms with Crippen LogP contribution in [0.1, 0.15) is 36.8 Å². The molecule has 88 valence electrons. The van der Waals surface area contributed by atoms with Crippen LogP contribution in [0.5, 0.6) is 0 Å². The van der Waals surface area contributed by atoms with Crippen molar-refractivity contribution in [3.63, 3.8) is 0 Å². The molecule has 0 heterocycles. The summed E-state index contributed by atoms with van der Waals surface area (Å²) in [7, 11) is 0. The van der Waals surface area contributed by atoms with Gasteiger partial charge in [-0.3, -0.25) is 0 Å². The Kier molecular flexibility index (Phi) is 2.50. The van der Waals surface area contributed by atoms with E-state index >= 15 is 0 Å². The fraction of sp³-hybridized carbons (Fsp3) is 0.400. The van der Waals surface area contributed by atoms with Crippen molar-refractivity contribution in [2.45, 2.75) is 32.1 Å². The zero-order valence-corrected chi connectivity index (χ0v) is 9.89. The molecule has 0 fully saturated rings. The van der Waals surface area contributed by atoms with E-state index < -0.39 is 0 Å². The summed E-state index contributed by atoms with van der Waals surface area (Å²) in [6.07, 6.45) is 10.2. The van der Waals surface area contributed by atoms with Gasteiger partial charge in [-0.2, -0.15) is 0 Å². The van der Waals surface area contributed by atoms with Gasteiger partial charge >= 0.3 is 0 Å². The smallest absolute Gasteiger partial charge is 0.0879 e. The van der Waals surface area contributed by atoms with Crippen LogP contribution in [0.3, 0.4) is 0 Å². The second-order valence-corrected chi connectivity index (χ2v) is 5.21. The average Bonchev–Trinajstić information content (AvgIpc) is 2.38. The summed E-state index contributed by atoms with van der Waals surface area (Å²) in [5.74, 6) is 0. The van der Waals surface area contributed by atoms with Gasteiger partial charge in [-0.25, -0.2) is 0 Å². The third-order valence-electron chi connectivity index (χ3n) is 4.03. The van der Waals surface area contributed by atoms with E-state index in [-0.39, 0.29) is 5.41 Å². The molecule has 0 aromatic heterocycles. The molecule has 2 aliphatic rings. The Morgan fingerprint density at radius 3 is 2.82 bits per heavy atom. The molecule has 2 heteroatoms. The lowest BCUT2D eigenvalue weighted by molar-refractivity contribution is 0.298. The maximum absolute atomic E-state index is 9.22. The summed E-state index contributed by atoms with van der Waals surface area (Å²) in [6, 6.07) is 8.30. The normalized spacial score (nSPS) is 29.5. The van der Waals surface area contributed by atoms with E-state index in [4.69, 9.17) is 0 Å². The highest BCUT2D eigenvalue weighted by Gasteiger charge is 2.36. The predicted octanol–water partition coefficient (Wildman–Crippen LogP) is 3.54. The lowest BCUT2D eigenvalue weighted by atomic mass is 9.66. The van der Waals surface area contributed by atoms with Gasteiger partial charge in [0.2, 0.25) is 0 Å². The van der Waals surface area contributed by atoms with Gasteiger partial charge in [0.1, 0.15) is 0 Å². The molecule has 0 saturated carbocycles. The second kappa shape index (κ2) is 4.02. The zero-order valence-electron chi connectivity index (χ0n) is 9.89. The largest absolute Gasteiger partial charge is 0.411 e. The first-order valence-electron chi connectivity index (χ1n) is 6.30. The minimum Gasteiger partial charge on any atom is -0.411 e. The predicted molar refractivity (Wildman–Crippen MR) is 68.5 cm³/mol. The van der Waals surface area contributed by atoms with Gasteiger partial charge in [0, 0.05) is 12.0 Å². The fourth-order valence-electron chi connectivity index (χ4n) is 3.20. The maximum Gasteiger partial charge on any atom is 0.0879 e. The second-order valence-electron chi connectivity index (χ2n) is 5.21. The number of allylic oxidation sites excluding steroid dienone is 2. The van der Waals surface area contributed by atoms with Crippen molar-refractivity contribution in [3.8, 4) is 0 Å². The molecule has 2 nitrogen and oxygen atoms in total.